The summed E-state index contributed by atoms with van der Waals surface area (Å²) in [4.78, 5) is 18.6. The van der Waals surface area contributed by atoms with E-state index in [0.717, 1.165) is 25.1 Å². The molecule has 21 heavy (non-hydrogen) atoms. The van der Waals surface area contributed by atoms with Crippen molar-refractivity contribution in [2.75, 3.05) is 19.6 Å². The Morgan fingerprint density at radius 3 is 2.95 bits per heavy atom. The number of carbonyl (C=O) groups excluding carboxylic acids is 1. The van der Waals surface area contributed by atoms with Gasteiger partial charge in [0.1, 0.15) is 5.60 Å². The second-order valence-electron chi connectivity index (χ2n) is 7.06. The molecule has 0 radical (unpaired) electrons. The summed E-state index contributed by atoms with van der Waals surface area (Å²) in [5.41, 5.74) is 1.75. The van der Waals surface area contributed by atoms with Gasteiger partial charge in [0.2, 0.25) is 0 Å². The molecule has 1 N–H and O–H groups in total. The van der Waals surface area contributed by atoms with Crippen molar-refractivity contribution in [3.05, 3.63) is 17.7 Å². The second kappa shape index (κ2) is 4.73. The summed E-state index contributed by atoms with van der Waals surface area (Å²) in [6.07, 6.45) is 3.49. The third-order valence-corrected chi connectivity index (χ3v) is 4.21. The average molecular weight is 292 g/mol. The molecule has 1 spiro atoms. The largest absolute Gasteiger partial charge is 0.444 e. The fourth-order valence-electron chi connectivity index (χ4n) is 3.41. The van der Waals surface area contributed by atoms with Crippen LogP contribution in [0.5, 0.6) is 0 Å². The normalized spacial score (nSPS) is 25.2. The molecule has 1 unspecified atom stereocenters. The first-order valence-electron chi connectivity index (χ1n) is 7.54. The van der Waals surface area contributed by atoms with E-state index in [1.54, 1.807) is 4.90 Å². The lowest BCUT2D eigenvalue weighted by molar-refractivity contribution is 0.0278. The van der Waals surface area contributed by atoms with E-state index >= 15 is 0 Å². The van der Waals surface area contributed by atoms with Crippen LogP contribution in [0.1, 0.15) is 38.6 Å². The van der Waals surface area contributed by atoms with Crippen molar-refractivity contribution in [2.24, 2.45) is 7.05 Å². The molecule has 1 saturated heterocycles. The Bertz CT molecular complexity index is 561. The molecule has 1 aromatic rings. The molecule has 6 nitrogen and oxygen atoms in total. The molecule has 116 valence electrons. The Labute approximate surface area is 125 Å². The van der Waals surface area contributed by atoms with Crippen LogP contribution in [0.2, 0.25) is 0 Å². The predicted molar refractivity (Wildman–Crippen MR) is 79.0 cm³/mol. The summed E-state index contributed by atoms with van der Waals surface area (Å²) in [7, 11) is 2.02. The van der Waals surface area contributed by atoms with E-state index < -0.39 is 5.60 Å². The predicted octanol–water partition coefficient (Wildman–Crippen LogP) is 1.40. The number of nitrogens with zero attached hydrogens (tertiary/aromatic N) is 3. The van der Waals surface area contributed by atoms with Crippen LogP contribution in [-0.2, 0) is 23.7 Å². The maximum atomic E-state index is 12.3. The lowest BCUT2D eigenvalue weighted by atomic mass is 9.88. The first-order valence-corrected chi connectivity index (χ1v) is 7.54. The van der Waals surface area contributed by atoms with E-state index in [9.17, 15) is 4.79 Å². The molecule has 3 heterocycles. The SMILES string of the molecule is Cn1cnc2c1C1(CCN(C(=O)OC(C)(C)C)C1)NCC2. The van der Waals surface area contributed by atoms with Crippen LogP contribution in [0.15, 0.2) is 6.33 Å². The third-order valence-electron chi connectivity index (χ3n) is 4.21. The standard InChI is InChI=1S/C15H24N4O2/c1-14(2,3)21-13(20)19-8-6-15(9-19)12-11(5-7-17-15)16-10-18(12)4/h10,17H,5-9H2,1-4H3. The van der Waals surface area contributed by atoms with Gasteiger partial charge in [-0.15, -0.1) is 0 Å². The molecule has 1 atom stereocenters. The molecule has 3 rings (SSSR count). The van der Waals surface area contributed by atoms with Crippen molar-refractivity contribution in [1.29, 1.82) is 0 Å². The topological polar surface area (TPSA) is 59.4 Å². The van der Waals surface area contributed by atoms with Crippen LogP contribution in [0.3, 0.4) is 0 Å². The van der Waals surface area contributed by atoms with E-state index in [-0.39, 0.29) is 11.6 Å². The van der Waals surface area contributed by atoms with Gasteiger partial charge < -0.3 is 19.5 Å². The maximum absolute atomic E-state index is 12.3. The van der Waals surface area contributed by atoms with Crippen molar-refractivity contribution in [2.45, 2.75) is 44.8 Å². The van der Waals surface area contributed by atoms with Crippen LogP contribution < -0.4 is 5.32 Å². The second-order valence-corrected chi connectivity index (χ2v) is 7.06. The van der Waals surface area contributed by atoms with Gasteiger partial charge in [-0.05, 0) is 27.2 Å². The van der Waals surface area contributed by atoms with Crippen LogP contribution in [-0.4, -0.2) is 45.8 Å². The first-order chi connectivity index (χ1) is 9.81. The Balaban J connectivity index is 1.81. The highest BCUT2D eigenvalue weighted by Crippen LogP contribution is 2.36. The quantitative estimate of drug-likeness (QED) is 0.785. The molecule has 6 heteroatoms. The van der Waals surface area contributed by atoms with Crippen LogP contribution in [0, 0.1) is 0 Å². The summed E-state index contributed by atoms with van der Waals surface area (Å²) >= 11 is 0. The van der Waals surface area contributed by atoms with Crippen LogP contribution in [0.4, 0.5) is 4.79 Å². The van der Waals surface area contributed by atoms with Gasteiger partial charge in [-0.1, -0.05) is 0 Å². The minimum absolute atomic E-state index is 0.171. The first kappa shape index (κ1) is 14.4. The smallest absolute Gasteiger partial charge is 0.410 e. The van der Waals surface area contributed by atoms with E-state index in [4.69, 9.17) is 4.74 Å². The van der Waals surface area contributed by atoms with Crippen molar-refractivity contribution >= 4 is 6.09 Å². The average Bonchev–Trinajstić information content (AvgIpc) is 2.94. The number of ether oxygens (including phenoxy) is 1. The maximum Gasteiger partial charge on any atom is 0.410 e. The molecular weight excluding hydrogens is 268 g/mol. The highest BCUT2D eigenvalue weighted by molar-refractivity contribution is 5.69. The number of aryl methyl sites for hydroxylation is 1. The number of aromatic nitrogens is 2. The zero-order chi connectivity index (χ0) is 15.3. The molecule has 1 fully saturated rings. The highest BCUT2D eigenvalue weighted by Gasteiger charge is 2.46. The van der Waals surface area contributed by atoms with Crippen molar-refractivity contribution in [3.63, 3.8) is 0 Å². The van der Waals surface area contributed by atoms with Crippen molar-refractivity contribution in [3.8, 4) is 0 Å². The number of carbonyl (C=O) groups is 1. The van der Waals surface area contributed by atoms with Gasteiger partial charge in [-0.2, -0.15) is 0 Å². The van der Waals surface area contributed by atoms with Gasteiger partial charge >= 0.3 is 6.09 Å². The molecule has 2 aliphatic heterocycles. The van der Waals surface area contributed by atoms with Crippen LogP contribution in [0.25, 0.3) is 0 Å². The number of rotatable bonds is 0. The zero-order valence-electron chi connectivity index (χ0n) is 13.3. The monoisotopic (exact) mass is 292 g/mol. The summed E-state index contributed by atoms with van der Waals surface area (Å²) in [6, 6.07) is 0. The number of likely N-dealkylation sites (tertiary alicyclic amines) is 1. The Hall–Kier alpha value is -1.56. The van der Waals surface area contributed by atoms with Gasteiger partial charge in [0.15, 0.2) is 0 Å². The number of hydrogen-bond acceptors (Lipinski definition) is 4. The van der Waals surface area contributed by atoms with E-state index in [1.165, 1.54) is 5.69 Å². The molecule has 0 aliphatic carbocycles. The van der Waals surface area contributed by atoms with Gasteiger partial charge in [0.25, 0.3) is 0 Å². The number of imidazole rings is 1. The Morgan fingerprint density at radius 2 is 2.24 bits per heavy atom. The molecular formula is C15H24N4O2. The molecule has 0 aromatic carbocycles. The summed E-state index contributed by atoms with van der Waals surface area (Å²) in [5.74, 6) is 0. The minimum atomic E-state index is -0.454. The van der Waals surface area contributed by atoms with E-state index in [2.05, 4.69) is 14.9 Å². The van der Waals surface area contributed by atoms with E-state index in [1.807, 2.05) is 34.1 Å². The molecule has 0 saturated carbocycles. The number of fused-ring (bicyclic) bond motifs is 2. The summed E-state index contributed by atoms with van der Waals surface area (Å²) in [6.45, 7) is 7.96. The fraction of sp³-hybridized carbons (Fsp3) is 0.733. The van der Waals surface area contributed by atoms with Crippen molar-refractivity contribution in [1.82, 2.24) is 19.8 Å². The van der Waals surface area contributed by atoms with Gasteiger partial charge in [-0.3, -0.25) is 0 Å². The molecule has 1 aromatic heterocycles. The molecule has 0 bridgehead atoms. The summed E-state index contributed by atoms with van der Waals surface area (Å²) in [5, 5.41) is 3.62. The van der Waals surface area contributed by atoms with E-state index in [0.29, 0.717) is 13.1 Å². The lowest BCUT2D eigenvalue weighted by Gasteiger charge is -2.35. The zero-order valence-corrected chi connectivity index (χ0v) is 13.3. The molecule has 1 amide bonds. The Kier molecular flexibility index (Phi) is 3.24. The van der Waals surface area contributed by atoms with Gasteiger partial charge in [-0.25, -0.2) is 9.78 Å². The van der Waals surface area contributed by atoms with Crippen molar-refractivity contribution < 1.29 is 9.53 Å². The third kappa shape index (κ3) is 2.52. The lowest BCUT2D eigenvalue weighted by Crippen LogP contribution is -2.51. The highest BCUT2D eigenvalue weighted by atomic mass is 16.6. The van der Waals surface area contributed by atoms with Crippen LogP contribution >= 0.6 is 0 Å². The van der Waals surface area contributed by atoms with Gasteiger partial charge in [0.05, 0.1) is 23.3 Å². The Morgan fingerprint density at radius 1 is 1.48 bits per heavy atom. The number of nitrogens with one attached hydrogen (secondary N) is 1. The molecule has 2 aliphatic rings. The fourth-order valence-corrected chi connectivity index (χ4v) is 3.41. The van der Waals surface area contributed by atoms with Gasteiger partial charge in [0, 0.05) is 33.1 Å². The minimum Gasteiger partial charge on any atom is -0.444 e. The summed E-state index contributed by atoms with van der Waals surface area (Å²) < 4.78 is 7.58. The number of hydrogen-bond donors (Lipinski definition) is 1. The number of amides is 1.